The van der Waals surface area contributed by atoms with E-state index in [4.69, 9.17) is 0 Å². The first-order valence-electron chi connectivity index (χ1n) is 7.90. The molecule has 0 aromatic heterocycles. The second-order valence-electron chi connectivity index (χ2n) is 6.52. The highest BCUT2D eigenvalue weighted by atomic mass is 32.2. The molecule has 2 aliphatic carbocycles. The Labute approximate surface area is 139 Å². The molecular formula is C19H18O3S. The van der Waals surface area contributed by atoms with Crippen LogP contribution in [-0.4, -0.2) is 16.2 Å². The van der Waals surface area contributed by atoms with Crippen LogP contribution in [0, 0.1) is 0 Å². The van der Waals surface area contributed by atoms with E-state index >= 15 is 0 Å². The van der Waals surface area contributed by atoms with Crippen LogP contribution in [0.4, 0.5) is 0 Å². The molecule has 1 aromatic rings. The van der Waals surface area contributed by atoms with Gasteiger partial charge in [0, 0.05) is 20.9 Å². The number of carboxylic acid groups (broad SMARTS) is 1. The van der Waals surface area contributed by atoms with E-state index in [1.165, 1.54) is 0 Å². The summed E-state index contributed by atoms with van der Waals surface area (Å²) in [4.78, 5) is 13.8. The summed E-state index contributed by atoms with van der Waals surface area (Å²) in [5, 5.41) is 20.5. The summed E-state index contributed by atoms with van der Waals surface area (Å²) in [5.74, 6) is -0.919. The first-order chi connectivity index (χ1) is 11.0. The zero-order chi connectivity index (χ0) is 16.2. The maximum atomic E-state index is 11.8. The normalized spacial score (nSPS) is 25.4. The third-order valence-electron chi connectivity index (χ3n) is 4.84. The van der Waals surface area contributed by atoms with Gasteiger partial charge in [-0.3, -0.25) is 0 Å². The van der Waals surface area contributed by atoms with Gasteiger partial charge in [-0.25, -0.2) is 4.79 Å². The van der Waals surface area contributed by atoms with Crippen molar-refractivity contribution in [1.29, 1.82) is 0 Å². The largest absolute Gasteiger partial charge is 0.478 e. The summed E-state index contributed by atoms with van der Waals surface area (Å²) in [6.07, 6.45) is 9.50. The van der Waals surface area contributed by atoms with Crippen LogP contribution in [0.3, 0.4) is 0 Å². The van der Waals surface area contributed by atoms with Crippen molar-refractivity contribution in [3.05, 3.63) is 57.5 Å². The molecular weight excluding hydrogens is 308 g/mol. The summed E-state index contributed by atoms with van der Waals surface area (Å²) < 4.78 is 0. The van der Waals surface area contributed by atoms with Crippen molar-refractivity contribution < 1.29 is 15.0 Å². The molecule has 0 bridgehead atoms. The van der Waals surface area contributed by atoms with Crippen LogP contribution < -0.4 is 0 Å². The van der Waals surface area contributed by atoms with Crippen LogP contribution in [0.1, 0.15) is 42.9 Å². The van der Waals surface area contributed by atoms with Crippen LogP contribution in [0.15, 0.2) is 45.7 Å². The molecule has 1 aliphatic heterocycles. The average Bonchev–Trinajstić information content (AvgIpc) is 2.73. The Morgan fingerprint density at radius 2 is 2.04 bits per heavy atom. The first-order valence-corrected chi connectivity index (χ1v) is 8.72. The number of thioether (sulfide) groups is 1. The van der Waals surface area contributed by atoms with Crippen LogP contribution >= 0.6 is 11.8 Å². The standard InChI is InChI=1S/C19H18O3S/c1-19(22)9-8-11-6-7-13-14(18(20)21)10-12-4-2-3-5-15(12)23-17(13)16(11)19/h4-7,10,22H,2-3,8-9H2,1H3,(H,20,21). The van der Waals surface area contributed by atoms with Crippen molar-refractivity contribution in [1.82, 2.24) is 0 Å². The van der Waals surface area contributed by atoms with Crippen molar-refractivity contribution >= 4 is 23.3 Å². The Hall–Kier alpha value is -1.78. The second kappa shape index (κ2) is 5.11. The summed E-state index contributed by atoms with van der Waals surface area (Å²) >= 11 is 1.61. The number of aliphatic hydroxyl groups is 1. The Kier molecular flexibility index (Phi) is 3.29. The lowest BCUT2D eigenvalue weighted by molar-refractivity contribution is -0.130. The van der Waals surface area contributed by atoms with Gasteiger partial charge in [0.05, 0.1) is 11.2 Å². The van der Waals surface area contributed by atoms with Crippen LogP contribution in [0.25, 0.3) is 5.57 Å². The molecule has 3 aliphatic rings. The van der Waals surface area contributed by atoms with Crippen LogP contribution in [0.2, 0.25) is 0 Å². The highest BCUT2D eigenvalue weighted by Crippen LogP contribution is 2.50. The number of fused-ring (bicyclic) bond motifs is 4. The van der Waals surface area contributed by atoms with Crippen molar-refractivity contribution in [2.75, 3.05) is 0 Å². The number of rotatable bonds is 1. The van der Waals surface area contributed by atoms with Gasteiger partial charge < -0.3 is 10.2 Å². The second-order valence-corrected chi connectivity index (χ2v) is 7.57. The van der Waals surface area contributed by atoms with Gasteiger partial charge >= 0.3 is 5.97 Å². The minimum Gasteiger partial charge on any atom is -0.478 e. The molecule has 23 heavy (non-hydrogen) atoms. The smallest absolute Gasteiger partial charge is 0.336 e. The molecule has 0 saturated carbocycles. The average molecular weight is 326 g/mol. The van der Waals surface area contributed by atoms with E-state index < -0.39 is 11.6 Å². The number of benzene rings is 1. The molecule has 4 heteroatoms. The van der Waals surface area contributed by atoms with Crippen molar-refractivity contribution in [3.8, 4) is 0 Å². The maximum absolute atomic E-state index is 11.8. The molecule has 3 nitrogen and oxygen atoms in total. The van der Waals surface area contributed by atoms with Crippen LogP contribution in [-0.2, 0) is 16.8 Å². The summed E-state index contributed by atoms with van der Waals surface area (Å²) in [5.41, 5.74) is 3.19. The SMILES string of the molecule is CC1(O)CCc2ccc3c(c21)SC1=CCCC=C1C=C3C(=O)O. The van der Waals surface area contributed by atoms with Gasteiger partial charge in [0.1, 0.15) is 0 Å². The predicted octanol–water partition coefficient (Wildman–Crippen LogP) is 4.02. The first kappa shape index (κ1) is 14.8. The quantitative estimate of drug-likeness (QED) is 0.818. The summed E-state index contributed by atoms with van der Waals surface area (Å²) in [7, 11) is 0. The van der Waals surface area contributed by atoms with Crippen molar-refractivity contribution in [3.63, 3.8) is 0 Å². The van der Waals surface area contributed by atoms with Gasteiger partial charge in [0.15, 0.2) is 0 Å². The third-order valence-corrected chi connectivity index (χ3v) is 6.09. The number of hydrogen-bond donors (Lipinski definition) is 2. The minimum absolute atomic E-state index is 0.314. The Morgan fingerprint density at radius 3 is 2.83 bits per heavy atom. The fourth-order valence-corrected chi connectivity index (χ4v) is 5.09. The molecule has 1 heterocycles. The highest BCUT2D eigenvalue weighted by molar-refractivity contribution is 8.03. The fourth-order valence-electron chi connectivity index (χ4n) is 3.67. The summed E-state index contributed by atoms with van der Waals surface area (Å²) in [6.45, 7) is 1.83. The lowest BCUT2D eigenvalue weighted by atomic mass is 9.93. The molecule has 0 radical (unpaired) electrons. The molecule has 0 fully saturated rings. The van der Waals surface area contributed by atoms with E-state index in [0.29, 0.717) is 12.0 Å². The van der Waals surface area contributed by atoms with E-state index in [-0.39, 0.29) is 0 Å². The van der Waals surface area contributed by atoms with Gasteiger partial charge in [-0.15, -0.1) is 0 Å². The lowest BCUT2D eigenvalue weighted by Crippen LogP contribution is -2.18. The predicted molar refractivity (Wildman–Crippen MR) is 91.2 cm³/mol. The van der Waals surface area contributed by atoms with Gasteiger partial charge in [-0.2, -0.15) is 0 Å². The molecule has 0 spiro atoms. The van der Waals surface area contributed by atoms with E-state index in [2.05, 4.69) is 12.2 Å². The van der Waals surface area contributed by atoms with Gasteiger partial charge in [0.25, 0.3) is 0 Å². The van der Waals surface area contributed by atoms with Crippen LogP contribution in [0.5, 0.6) is 0 Å². The Morgan fingerprint density at radius 1 is 1.26 bits per heavy atom. The summed E-state index contributed by atoms with van der Waals surface area (Å²) in [6, 6.07) is 3.88. The molecule has 4 rings (SSSR count). The van der Waals surface area contributed by atoms with Crippen molar-refractivity contribution in [2.24, 2.45) is 0 Å². The molecule has 2 N–H and O–H groups in total. The van der Waals surface area contributed by atoms with E-state index in [0.717, 1.165) is 51.3 Å². The Bertz CT molecular complexity index is 812. The highest BCUT2D eigenvalue weighted by Gasteiger charge is 2.37. The number of carboxylic acids is 1. The molecule has 1 atom stereocenters. The topological polar surface area (TPSA) is 57.5 Å². The van der Waals surface area contributed by atoms with Gasteiger partial charge in [0.2, 0.25) is 0 Å². The number of hydrogen-bond acceptors (Lipinski definition) is 3. The van der Waals surface area contributed by atoms with E-state index in [1.807, 2.05) is 19.1 Å². The minimum atomic E-state index is -0.919. The fraction of sp³-hybridized carbons (Fsp3) is 0.316. The number of aliphatic carboxylic acids is 1. The van der Waals surface area contributed by atoms with E-state index in [9.17, 15) is 15.0 Å². The molecule has 0 amide bonds. The van der Waals surface area contributed by atoms with E-state index in [1.54, 1.807) is 17.8 Å². The number of carbonyl (C=O) groups is 1. The Balaban J connectivity index is 2.01. The molecule has 118 valence electrons. The zero-order valence-electron chi connectivity index (χ0n) is 12.9. The third kappa shape index (κ3) is 2.28. The number of aryl methyl sites for hydroxylation is 1. The molecule has 1 unspecified atom stereocenters. The maximum Gasteiger partial charge on any atom is 0.336 e. The number of allylic oxidation sites excluding steroid dienone is 4. The van der Waals surface area contributed by atoms with Crippen molar-refractivity contribution in [2.45, 2.75) is 43.1 Å². The van der Waals surface area contributed by atoms with Gasteiger partial charge in [-0.05, 0) is 49.8 Å². The van der Waals surface area contributed by atoms with Gasteiger partial charge in [-0.1, -0.05) is 36.0 Å². The molecule has 0 saturated heterocycles. The lowest BCUT2D eigenvalue weighted by Gasteiger charge is -2.23. The monoisotopic (exact) mass is 326 g/mol. The molecule has 1 aromatic carbocycles. The zero-order valence-corrected chi connectivity index (χ0v) is 13.7.